The lowest BCUT2D eigenvalue weighted by molar-refractivity contribution is 1.01. The number of fused-ring (bicyclic) bond motifs is 5. The highest BCUT2D eigenvalue weighted by molar-refractivity contribution is 6.30. The molecule has 0 saturated heterocycles. The minimum absolute atomic E-state index is 0.576. The van der Waals surface area contributed by atoms with E-state index in [0.717, 1.165) is 5.52 Å². The second-order valence-corrected chi connectivity index (χ2v) is 7.40. The average molecular weight is 345 g/mol. The molecule has 0 bridgehead atoms. The summed E-state index contributed by atoms with van der Waals surface area (Å²) < 4.78 is 13.2. The topological polar surface area (TPSA) is 9.34 Å². The van der Waals surface area contributed by atoms with E-state index in [2.05, 4.69) is 82.7 Å². The molecule has 0 aliphatic rings. The second-order valence-electron chi connectivity index (χ2n) is 7.40. The van der Waals surface area contributed by atoms with Gasteiger partial charge in [0.05, 0.1) is 23.4 Å². The maximum Gasteiger partial charge on any atom is 0.0645 e. The van der Waals surface area contributed by atoms with E-state index >= 15 is 0 Å². The van der Waals surface area contributed by atoms with Gasteiger partial charge in [-0.05, 0) is 29.6 Å². The molecule has 0 saturated carbocycles. The van der Waals surface area contributed by atoms with Gasteiger partial charge in [0, 0.05) is 39.5 Å². The molecule has 2 heteroatoms. The third-order valence-electron chi connectivity index (χ3n) is 6.17. The molecule has 0 amide bonds. The Balaban J connectivity index is 2.05. The minimum Gasteiger partial charge on any atom is -0.344 e. The van der Waals surface area contributed by atoms with Crippen molar-refractivity contribution in [2.45, 2.75) is 0 Å². The first kappa shape index (κ1) is 12.8. The number of para-hydroxylation sites is 2. The predicted octanol–water partition coefficient (Wildman–Crippen LogP) is 6.48. The molecular weight excluding hydrogens is 328 g/mol. The van der Waals surface area contributed by atoms with E-state index in [9.17, 15) is 0 Å². The number of rotatable bonds is 0. The molecule has 0 radical (unpaired) electrons. The monoisotopic (exact) mass is 345 g/mol. The molecule has 0 fully saturated rings. The van der Waals surface area contributed by atoms with E-state index in [-0.39, 0.29) is 0 Å². The molecule has 3 heterocycles. The Kier molecular flexibility index (Phi) is 2.09. The number of nitrogens with zero attached hydrogens (tertiary/aromatic N) is 2. The Bertz CT molecular complexity index is 1730. The highest BCUT2D eigenvalue weighted by Crippen LogP contribution is 2.42. The van der Waals surface area contributed by atoms with Crippen molar-refractivity contribution in [2.75, 3.05) is 0 Å². The van der Waals surface area contributed by atoms with Crippen molar-refractivity contribution < 1.29 is 1.37 Å². The van der Waals surface area contributed by atoms with Crippen LogP contribution in [0, 0.1) is 0 Å². The summed E-state index contributed by atoms with van der Waals surface area (Å²) in [7, 11) is 2.08. The van der Waals surface area contributed by atoms with Crippen LogP contribution in [0.1, 0.15) is 1.37 Å². The van der Waals surface area contributed by atoms with Gasteiger partial charge in [-0.25, -0.2) is 0 Å². The lowest BCUT2D eigenvalue weighted by Gasteiger charge is -2.03. The predicted molar refractivity (Wildman–Crippen MR) is 115 cm³/mol. The zero-order valence-electron chi connectivity index (χ0n) is 15.8. The van der Waals surface area contributed by atoms with E-state index in [1.165, 1.54) is 54.4 Å². The van der Waals surface area contributed by atoms with Crippen LogP contribution in [0.3, 0.4) is 0 Å². The number of hydrogen-bond donors (Lipinski definition) is 0. The van der Waals surface area contributed by atoms with Crippen LogP contribution in [0.2, 0.25) is 0 Å². The number of hydrogen-bond acceptors (Lipinski definition) is 0. The largest absolute Gasteiger partial charge is 0.344 e. The van der Waals surface area contributed by atoms with Crippen molar-refractivity contribution >= 4 is 59.9 Å². The summed E-state index contributed by atoms with van der Waals surface area (Å²) in [6, 6.07) is 26.4. The van der Waals surface area contributed by atoms with E-state index in [4.69, 9.17) is 1.37 Å². The summed E-state index contributed by atoms with van der Waals surface area (Å²) in [5.74, 6) is 0. The summed E-state index contributed by atoms with van der Waals surface area (Å²) >= 11 is 0. The van der Waals surface area contributed by atoms with Crippen LogP contribution in [0.15, 0.2) is 78.8 Å². The Morgan fingerprint density at radius 3 is 2.19 bits per heavy atom. The van der Waals surface area contributed by atoms with Crippen LogP contribution in [0.4, 0.5) is 0 Å². The van der Waals surface area contributed by atoms with E-state index in [0.29, 0.717) is 6.04 Å². The molecule has 0 aliphatic heterocycles. The van der Waals surface area contributed by atoms with E-state index in [1.54, 1.807) is 0 Å². The fraction of sp³-hybridized carbons (Fsp3) is 0.0400. The third-order valence-corrected chi connectivity index (χ3v) is 6.17. The normalized spacial score (nSPS) is 13.1. The average Bonchev–Trinajstić information content (AvgIpc) is 3.18. The summed E-state index contributed by atoms with van der Waals surface area (Å²) in [6.45, 7) is 0. The maximum atomic E-state index is 8.57. The molecule has 2 nitrogen and oxygen atoms in total. The van der Waals surface area contributed by atoms with Crippen LogP contribution in [0.5, 0.6) is 0 Å². The lowest BCUT2D eigenvalue weighted by atomic mass is 10.0. The highest BCUT2D eigenvalue weighted by atomic mass is 15.0. The molecule has 0 unspecified atom stereocenters. The van der Waals surface area contributed by atoms with Gasteiger partial charge in [-0.3, -0.25) is 0 Å². The van der Waals surface area contributed by atoms with Crippen molar-refractivity contribution in [1.29, 1.82) is 0 Å². The molecule has 126 valence electrons. The maximum absolute atomic E-state index is 8.57. The van der Waals surface area contributed by atoms with Crippen LogP contribution >= 0.6 is 0 Å². The van der Waals surface area contributed by atoms with Gasteiger partial charge in [-0.15, -0.1) is 0 Å². The van der Waals surface area contributed by atoms with Crippen molar-refractivity contribution in [3.63, 3.8) is 0 Å². The smallest absolute Gasteiger partial charge is 0.0645 e. The van der Waals surface area contributed by atoms with Gasteiger partial charge in [-0.2, -0.15) is 0 Å². The fourth-order valence-electron chi connectivity index (χ4n) is 5.09. The number of benzene rings is 4. The van der Waals surface area contributed by atoms with Gasteiger partial charge in [0.15, 0.2) is 0 Å². The standard InChI is InChI=1S/C25H16N2/c1-26-20-12-5-8-16-18-10-4-9-17-15-7-2-3-11-19(15)27(25(17)18)22-14-6-13-21(26)24(22)23(16)20/h2-14H,1H3/i12D. The lowest BCUT2D eigenvalue weighted by Crippen LogP contribution is -1.88. The van der Waals surface area contributed by atoms with Crippen molar-refractivity contribution in [2.24, 2.45) is 7.05 Å². The zero-order chi connectivity index (χ0) is 18.6. The first-order valence-corrected chi connectivity index (χ1v) is 9.29. The van der Waals surface area contributed by atoms with Crippen LogP contribution < -0.4 is 0 Å². The molecule has 3 aromatic heterocycles. The third kappa shape index (κ3) is 1.42. The first-order valence-electron chi connectivity index (χ1n) is 9.79. The van der Waals surface area contributed by atoms with Gasteiger partial charge in [0.2, 0.25) is 0 Å². The van der Waals surface area contributed by atoms with Crippen molar-refractivity contribution in [3.8, 4) is 0 Å². The van der Waals surface area contributed by atoms with Crippen LogP contribution in [0.25, 0.3) is 59.9 Å². The zero-order valence-corrected chi connectivity index (χ0v) is 14.8. The Hall–Kier alpha value is -3.52. The quantitative estimate of drug-likeness (QED) is 0.297. The van der Waals surface area contributed by atoms with Gasteiger partial charge in [0.1, 0.15) is 0 Å². The van der Waals surface area contributed by atoms with Crippen LogP contribution in [-0.4, -0.2) is 8.97 Å². The van der Waals surface area contributed by atoms with Crippen LogP contribution in [-0.2, 0) is 7.05 Å². The summed E-state index contributed by atoms with van der Waals surface area (Å²) in [4.78, 5) is 0. The van der Waals surface area contributed by atoms with Gasteiger partial charge in [-0.1, -0.05) is 54.6 Å². The molecule has 0 atom stereocenters. The van der Waals surface area contributed by atoms with Crippen molar-refractivity contribution in [3.05, 3.63) is 78.8 Å². The highest BCUT2D eigenvalue weighted by Gasteiger charge is 2.19. The Morgan fingerprint density at radius 1 is 0.593 bits per heavy atom. The number of aromatic nitrogens is 2. The SMILES string of the molecule is [2H]c1ccc2c3cccc4c5ccccc5n(c5cccc6c5c2c1n6C)c34. The van der Waals surface area contributed by atoms with Gasteiger partial charge < -0.3 is 8.97 Å². The van der Waals surface area contributed by atoms with E-state index < -0.39 is 0 Å². The van der Waals surface area contributed by atoms with Gasteiger partial charge >= 0.3 is 0 Å². The minimum atomic E-state index is 0.576. The summed E-state index contributed by atoms with van der Waals surface area (Å²) in [6.07, 6.45) is 0. The van der Waals surface area contributed by atoms with Crippen molar-refractivity contribution in [1.82, 2.24) is 8.97 Å². The molecule has 7 aromatic rings. The molecule has 7 rings (SSSR count). The second kappa shape index (κ2) is 4.41. The summed E-state index contributed by atoms with van der Waals surface area (Å²) in [5.41, 5.74) is 5.87. The van der Waals surface area contributed by atoms with Gasteiger partial charge in [0.25, 0.3) is 0 Å². The molecular formula is C25H16N2. The number of aryl methyl sites for hydroxylation is 1. The Labute approximate surface area is 156 Å². The first-order chi connectivity index (χ1) is 13.8. The van der Waals surface area contributed by atoms with E-state index in [1.807, 2.05) is 6.07 Å². The molecule has 0 spiro atoms. The molecule has 27 heavy (non-hydrogen) atoms. The fourth-order valence-corrected chi connectivity index (χ4v) is 5.09. The molecule has 0 N–H and O–H groups in total. The summed E-state index contributed by atoms with van der Waals surface area (Å²) in [5, 5.41) is 7.45. The molecule has 0 aliphatic carbocycles. The molecule has 4 aromatic carbocycles. The Morgan fingerprint density at radius 2 is 1.26 bits per heavy atom.